The molecule has 11 heteroatoms. The third kappa shape index (κ3) is 8.79. The number of alkyl halides is 4. The number of allylic oxidation sites excluding steroid dienone is 1. The number of carbonyl (C=O) groups is 1. The number of hydrogen-bond acceptors (Lipinski definition) is 6. The summed E-state index contributed by atoms with van der Waals surface area (Å²) >= 11 is 0. The van der Waals surface area contributed by atoms with Crippen molar-refractivity contribution in [2.24, 2.45) is 17.1 Å². The van der Waals surface area contributed by atoms with Gasteiger partial charge in [-0.2, -0.15) is 13.2 Å². The Morgan fingerprint density at radius 1 is 1.20 bits per heavy atom. The van der Waals surface area contributed by atoms with Gasteiger partial charge in [-0.25, -0.2) is 4.39 Å². The Kier molecular flexibility index (Phi) is 12.1. The summed E-state index contributed by atoms with van der Waals surface area (Å²) in [5, 5.41) is 12.5. The number of halogens is 4. The van der Waals surface area contributed by atoms with Crippen LogP contribution in [0.4, 0.5) is 17.6 Å². The van der Waals surface area contributed by atoms with Gasteiger partial charge >= 0.3 is 6.18 Å². The lowest BCUT2D eigenvalue weighted by Gasteiger charge is -2.41. The zero-order chi connectivity index (χ0) is 29.5. The molecule has 0 radical (unpaired) electrons. The first-order valence-corrected chi connectivity index (χ1v) is 15.3. The van der Waals surface area contributed by atoms with E-state index >= 15 is 0 Å². The van der Waals surface area contributed by atoms with E-state index in [1.54, 1.807) is 11.8 Å². The predicted molar refractivity (Wildman–Crippen MR) is 151 cm³/mol. The van der Waals surface area contributed by atoms with Crippen LogP contribution in [0.3, 0.4) is 0 Å². The molecule has 3 aliphatic heterocycles. The largest absolute Gasteiger partial charge is 0.405 e. The first-order valence-electron chi connectivity index (χ1n) is 15.3. The molecule has 1 amide bonds. The van der Waals surface area contributed by atoms with Crippen LogP contribution in [0.1, 0.15) is 91.9 Å². The number of amides is 1. The summed E-state index contributed by atoms with van der Waals surface area (Å²) in [6, 6.07) is -2.75. The number of unbranched alkanes of at least 4 members (excludes halogenated alkanes) is 2. The molecule has 7 unspecified atom stereocenters. The van der Waals surface area contributed by atoms with E-state index in [0.717, 1.165) is 44.2 Å². The van der Waals surface area contributed by atoms with E-state index in [0.29, 0.717) is 37.9 Å². The quantitative estimate of drug-likeness (QED) is 0.186. The Hall–Kier alpha value is -1.43. The fourth-order valence-corrected chi connectivity index (χ4v) is 6.83. The van der Waals surface area contributed by atoms with Crippen molar-refractivity contribution in [3.8, 4) is 0 Å². The minimum atomic E-state index is -4.33. The van der Waals surface area contributed by atoms with Gasteiger partial charge in [0.25, 0.3) is 0 Å². The van der Waals surface area contributed by atoms with Gasteiger partial charge in [-0.05, 0) is 57.3 Å². The average molecular weight is 577 g/mol. The van der Waals surface area contributed by atoms with Crippen molar-refractivity contribution in [3.05, 3.63) is 11.4 Å². The summed E-state index contributed by atoms with van der Waals surface area (Å²) in [5.41, 5.74) is 7.88. The van der Waals surface area contributed by atoms with E-state index in [9.17, 15) is 22.4 Å². The molecule has 40 heavy (non-hydrogen) atoms. The molecule has 232 valence electrons. The summed E-state index contributed by atoms with van der Waals surface area (Å²) in [6.07, 6.45) is 2.83. The van der Waals surface area contributed by atoms with Crippen LogP contribution in [0.25, 0.3) is 0 Å². The number of hydrogen-bond donors (Lipinski definition) is 5. The van der Waals surface area contributed by atoms with Gasteiger partial charge in [-0.15, -0.1) is 0 Å². The van der Waals surface area contributed by atoms with Gasteiger partial charge in [0.05, 0.1) is 17.7 Å². The molecule has 0 aromatic rings. The van der Waals surface area contributed by atoms with Crippen LogP contribution in [-0.4, -0.2) is 73.6 Å². The van der Waals surface area contributed by atoms with Crippen molar-refractivity contribution in [2.45, 2.75) is 128 Å². The van der Waals surface area contributed by atoms with Crippen LogP contribution < -0.4 is 27.0 Å². The molecule has 0 saturated carbocycles. The normalized spacial score (nSPS) is 32.2. The molecule has 0 aliphatic carbocycles. The molecular formula is C29H52F4N6O. The molecule has 2 fully saturated rings. The smallest absolute Gasteiger partial charge is 0.387 e. The predicted octanol–water partition coefficient (Wildman–Crippen LogP) is 4.30. The Balaban J connectivity index is 1.88. The second kappa shape index (κ2) is 14.6. The van der Waals surface area contributed by atoms with Crippen molar-refractivity contribution < 1.29 is 22.4 Å². The molecule has 0 spiro atoms. The minimum absolute atomic E-state index is 0.102. The lowest BCUT2D eigenvalue weighted by atomic mass is 9.71. The number of nitrogens with two attached hydrogens (primary N) is 1. The average Bonchev–Trinajstić information content (AvgIpc) is 3.37. The van der Waals surface area contributed by atoms with Gasteiger partial charge in [0, 0.05) is 44.1 Å². The third-order valence-electron chi connectivity index (χ3n) is 9.03. The molecule has 3 rings (SSSR count). The van der Waals surface area contributed by atoms with Crippen LogP contribution in [-0.2, 0) is 4.79 Å². The first kappa shape index (κ1) is 33.1. The van der Waals surface area contributed by atoms with E-state index in [1.807, 2.05) is 0 Å². The molecule has 3 aliphatic rings. The monoisotopic (exact) mass is 576 g/mol. The van der Waals surface area contributed by atoms with Gasteiger partial charge in [-0.3, -0.25) is 15.0 Å². The van der Waals surface area contributed by atoms with Crippen LogP contribution in [0, 0.1) is 11.3 Å². The molecule has 7 nitrogen and oxygen atoms in total. The van der Waals surface area contributed by atoms with E-state index in [4.69, 9.17) is 5.73 Å². The second-order valence-corrected chi connectivity index (χ2v) is 12.6. The van der Waals surface area contributed by atoms with Gasteiger partial charge in [0.1, 0.15) is 12.2 Å². The van der Waals surface area contributed by atoms with Crippen molar-refractivity contribution in [3.63, 3.8) is 0 Å². The Morgan fingerprint density at radius 3 is 2.58 bits per heavy atom. The van der Waals surface area contributed by atoms with Crippen LogP contribution in [0.2, 0.25) is 0 Å². The molecule has 6 N–H and O–H groups in total. The van der Waals surface area contributed by atoms with Crippen molar-refractivity contribution in [1.29, 1.82) is 0 Å². The summed E-state index contributed by atoms with van der Waals surface area (Å²) in [6.45, 7) is 8.96. The van der Waals surface area contributed by atoms with Crippen LogP contribution in [0.15, 0.2) is 11.4 Å². The SMILES string of the molecule is CCCCCC1=C(NC(=O)C(C(C)N)C2CC(C)(CCC)CCC(F)CN2)C(N2CNC(C(F)(F)F)C2)CCN1. The fourth-order valence-electron chi connectivity index (χ4n) is 6.83. The number of rotatable bonds is 11. The molecule has 0 aromatic carbocycles. The highest BCUT2D eigenvalue weighted by Crippen LogP contribution is 2.38. The molecule has 2 saturated heterocycles. The maximum atomic E-state index is 14.7. The number of carbonyl (C=O) groups excluding carboxylic acids is 1. The van der Waals surface area contributed by atoms with E-state index in [-0.39, 0.29) is 43.2 Å². The number of nitrogens with zero attached hydrogens (tertiary/aromatic N) is 1. The maximum Gasteiger partial charge on any atom is 0.405 e. The van der Waals surface area contributed by atoms with Crippen LogP contribution >= 0.6 is 0 Å². The standard InChI is InChI=1S/C29H52F4N6O/c1-5-7-8-9-21-26(23(11-14-35-21)39-17-24(37-18-39)29(31,32)33)38-27(40)25(19(3)34)22-15-28(4,12-6-2)13-10-20(30)16-36-22/h19-20,22-25,35-37H,5-18,34H2,1-4H3,(H,38,40). The lowest BCUT2D eigenvalue weighted by molar-refractivity contribution is -0.150. The summed E-state index contributed by atoms with van der Waals surface area (Å²) in [5.74, 6) is -0.869. The van der Waals surface area contributed by atoms with Gasteiger partial charge in [0.2, 0.25) is 5.91 Å². The van der Waals surface area contributed by atoms with Crippen molar-refractivity contribution in [2.75, 3.05) is 26.3 Å². The number of nitrogens with one attached hydrogen (secondary N) is 4. The zero-order valence-corrected chi connectivity index (χ0v) is 24.8. The van der Waals surface area contributed by atoms with Gasteiger partial charge in [-0.1, -0.05) is 40.0 Å². The topological polar surface area (TPSA) is 94.5 Å². The fraction of sp³-hybridized carbons (Fsp3) is 0.897. The van der Waals surface area contributed by atoms with E-state index in [2.05, 4.69) is 42.0 Å². The summed E-state index contributed by atoms with van der Waals surface area (Å²) in [4.78, 5) is 15.8. The molecule has 0 bridgehead atoms. The summed E-state index contributed by atoms with van der Waals surface area (Å²) < 4.78 is 55.1. The molecule has 3 heterocycles. The Labute approximate surface area is 237 Å². The minimum Gasteiger partial charge on any atom is -0.387 e. The van der Waals surface area contributed by atoms with Gasteiger partial charge in [0.15, 0.2) is 0 Å². The maximum absolute atomic E-state index is 14.7. The molecular weight excluding hydrogens is 524 g/mol. The van der Waals surface area contributed by atoms with E-state index < -0.39 is 30.3 Å². The highest BCUT2D eigenvalue weighted by Gasteiger charge is 2.46. The lowest BCUT2D eigenvalue weighted by Crippen LogP contribution is -2.56. The highest BCUT2D eigenvalue weighted by atomic mass is 19.4. The highest BCUT2D eigenvalue weighted by molar-refractivity contribution is 5.82. The molecule has 0 aromatic heterocycles. The van der Waals surface area contributed by atoms with E-state index in [1.165, 1.54) is 0 Å². The van der Waals surface area contributed by atoms with Gasteiger partial charge < -0.3 is 21.7 Å². The first-order chi connectivity index (χ1) is 18.9. The third-order valence-corrected chi connectivity index (χ3v) is 9.03. The Bertz CT molecular complexity index is 853. The van der Waals surface area contributed by atoms with Crippen LogP contribution in [0.5, 0.6) is 0 Å². The Morgan fingerprint density at radius 2 is 1.95 bits per heavy atom. The zero-order valence-electron chi connectivity index (χ0n) is 24.8. The van der Waals surface area contributed by atoms with Crippen molar-refractivity contribution in [1.82, 2.24) is 26.2 Å². The second-order valence-electron chi connectivity index (χ2n) is 12.6. The van der Waals surface area contributed by atoms with Crippen molar-refractivity contribution >= 4 is 5.91 Å². The molecule has 7 atom stereocenters. The summed E-state index contributed by atoms with van der Waals surface area (Å²) in [7, 11) is 0.